The summed E-state index contributed by atoms with van der Waals surface area (Å²) in [6, 6.07) is 11.2. The standard InChI is InChI=1S/C23H29FN2/c1-4-22(24)18(3)15-20-11-8-14-26(20)21-13-12-17(2)23(16-21)25-19-9-6-5-7-10-19/h4,8,11-14,16,19,25H,1,5-7,9-10,15H2,2-3H3/b22-18-. The Labute approximate surface area is 156 Å². The molecule has 0 aliphatic heterocycles. The summed E-state index contributed by atoms with van der Waals surface area (Å²) in [4.78, 5) is 0. The maximum Gasteiger partial charge on any atom is 0.121 e. The van der Waals surface area contributed by atoms with Gasteiger partial charge in [-0.15, -0.1) is 0 Å². The van der Waals surface area contributed by atoms with Crippen molar-refractivity contribution in [3.8, 4) is 5.69 Å². The molecular weight excluding hydrogens is 323 g/mol. The number of hydrogen-bond acceptors (Lipinski definition) is 1. The number of aryl methyl sites for hydroxylation is 1. The van der Waals surface area contributed by atoms with Crippen molar-refractivity contribution < 1.29 is 4.39 Å². The number of halogens is 1. The van der Waals surface area contributed by atoms with Crippen LogP contribution in [0.4, 0.5) is 10.1 Å². The molecule has 2 aromatic rings. The molecule has 1 fully saturated rings. The van der Waals surface area contributed by atoms with E-state index in [2.05, 4.69) is 41.6 Å². The van der Waals surface area contributed by atoms with Crippen molar-refractivity contribution in [1.82, 2.24) is 4.57 Å². The van der Waals surface area contributed by atoms with Crippen LogP contribution in [0, 0.1) is 6.92 Å². The fourth-order valence-corrected chi connectivity index (χ4v) is 3.72. The van der Waals surface area contributed by atoms with Crippen LogP contribution in [-0.4, -0.2) is 10.6 Å². The Kier molecular flexibility index (Phi) is 5.97. The molecule has 0 radical (unpaired) electrons. The highest BCUT2D eigenvalue weighted by Gasteiger charge is 2.14. The molecule has 1 heterocycles. The van der Waals surface area contributed by atoms with Crippen molar-refractivity contribution in [2.45, 2.75) is 58.4 Å². The molecular formula is C23H29FN2. The van der Waals surface area contributed by atoms with Crippen molar-refractivity contribution in [2.24, 2.45) is 0 Å². The van der Waals surface area contributed by atoms with Crippen LogP contribution in [0.25, 0.3) is 5.69 Å². The van der Waals surface area contributed by atoms with Crippen LogP contribution >= 0.6 is 0 Å². The molecule has 3 rings (SSSR count). The van der Waals surface area contributed by atoms with Crippen LogP contribution < -0.4 is 5.32 Å². The van der Waals surface area contributed by atoms with Gasteiger partial charge in [-0.05, 0) is 68.2 Å². The van der Waals surface area contributed by atoms with Crippen LogP contribution in [0.5, 0.6) is 0 Å². The van der Waals surface area contributed by atoms with E-state index in [0.29, 0.717) is 18.0 Å². The zero-order valence-electron chi connectivity index (χ0n) is 15.9. The van der Waals surface area contributed by atoms with Gasteiger partial charge in [-0.2, -0.15) is 0 Å². The predicted molar refractivity (Wildman–Crippen MR) is 109 cm³/mol. The first-order valence-corrected chi connectivity index (χ1v) is 9.60. The minimum absolute atomic E-state index is 0.235. The van der Waals surface area contributed by atoms with Crippen LogP contribution in [0.3, 0.4) is 0 Å². The lowest BCUT2D eigenvalue weighted by molar-refractivity contribution is 0.462. The Balaban J connectivity index is 1.85. The minimum atomic E-state index is -0.235. The number of aromatic nitrogens is 1. The summed E-state index contributed by atoms with van der Waals surface area (Å²) in [6.07, 6.45) is 10.4. The average molecular weight is 352 g/mol. The molecule has 0 amide bonds. The molecule has 26 heavy (non-hydrogen) atoms. The zero-order chi connectivity index (χ0) is 18.5. The Morgan fingerprint density at radius 1 is 1.27 bits per heavy atom. The SMILES string of the molecule is C=C/C(F)=C(\C)Cc1cccn1-c1ccc(C)c(NC2CCCCC2)c1. The molecule has 0 saturated heterocycles. The fraction of sp³-hybridized carbons (Fsp3) is 0.391. The van der Waals surface area contributed by atoms with Crippen molar-refractivity contribution in [1.29, 1.82) is 0 Å². The second-order valence-electron chi connectivity index (χ2n) is 7.36. The summed E-state index contributed by atoms with van der Waals surface area (Å²) in [5.74, 6) is -0.235. The highest BCUT2D eigenvalue weighted by molar-refractivity contribution is 5.58. The molecule has 138 valence electrons. The van der Waals surface area contributed by atoms with E-state index in [0.717, 1.165) is 11.4 Å². The van der Waals surface area contributed by atoms with Gasteiger partial charge in [0.15, 0.2) is 0 Å². The quantitative estimate of drug-likeness (QED) is 0.587. The number of allylic oxidation sites excluding steroid dienone is 3. The van der Waals surface area contributed by atoms with Gasteiger partial charge in [0, 0.05) is 35.7 Å². The van der Waals surface area contributed by atoms with Crippen molar-refractivity contribution >= 4 is 5.69 Å². The molecule has 1 saturated carbocycles. The lowest BCUT2D eigenvalue weighted by Crippen LogP contribution is -2.22. The summed E-state index contributed by atoms with van der Waals surface area (Å²) >= 11 is 0. The number of hydrogen-bond donors (Lipinski definition) is 1. The third-order valence-electron chi connectivity index (χ3n) is 5.33. The summed E-state index contributed by atoms with van der Waals surface area (Å²) in [5.41, 5.74) is 5.36. The molecule has 3 heteroatoms. The van der Waals surface area contributed by atoms with E-state index in [1.807, 2.05) is 25.3 Å². The van der Waals surface area contributed by atoms with Crippen molar-refractivity contribution in [3.05, 3.63) is 71.8 Å². The summed E-state index contributed by atoms with van der Waals surface area (Å²) < 4.78 is 15.9. The first kappa shape index (κ1) is 18.5. The Bertz CT molecular complexity index is 794. The van der Waals surface area contributed by atoms with E-state index in [-0.39, 0.29) is 5.83 Å². The van der Waals surface area contributed by atoms with Gasteiger partial charge in [-0.1, -0.05) is 31.9 Å². The van der Waals surface area contributed by atoms with Gasteiger partial charge < -0.3 is 9.88 Å². The van der Waals surface area contributed by atoms with Crippen molar-refractivity contribution in [2.75, 3.05) is 5.32 Å². The molecule has 1 aliphatic carbocycles. The maximum absolute atomic E-state index is 13.8. The Hall–Kier alpha value is -2.29. The smallest absolute Gasteiger partial charge is 0.121 e. The number of nitrogens with zero attached hydrogens (tertiary/aromatic N) is 1. The lowest BCUT2D eigenvalue weighted by Gasteiger charge is -2.25. The highest BCUT2D eigenvalue weighted by Crippen LogP contribution is 2.27. The normalized spacial score (nSPS) is 16.3. The van der Waals surface area contributed by atoms with Crippen LogP contribution in [-0.2, 0) is 6.42 Å². The monoisotopic (exact) mass is 352 g/mol. The zero-order valence-corrected chi connectivity index (χ0v) is 15.9. The summed E-state index contributed by atoms with van der Waals surface area (Å²) in [5, 5.41) is 3.74. The third kappa shape index (κ3) is 4.27. The van der Waals surface area contributed by atoms with Crippen molar-refractivity contribution in [3.63, 3.8) is 0 Å². The van der Waals surface area contributed by atoms with Crippen LogP contribution in [0.1, 0.15) is 50.3 Å². The predicted octanol–water partition coefficient (Wildman–Crippen LogP) is 6.50. The molecule has 0 atom stereocenters. The van der Waals surface area contributed by atoms with E-state index >= 15 is 0 Å². The number of anilines is 1. The van der Waals surface area contributed by atoms with Gasteiger partial charge in [0.25, 0.3) is 0 Å². The molecule has 1 aliphatic rings. The van der Waals surface area contributed by atoms with Crippen LogP contribution in [0.2, 0.25) is 0 Å². The van der Waals surface area contributed by atoms with Gasteiger partial charge >= 0.3 is 0 Å². The van der Waals surface area contributed by atoms with E-state index < -0.39 is 0 Å². The lowest BCUT2D eigenvalue weighted by atomic mass is 9.95. The van der Waals surface area contributed by atoms with Gasteiger partial charge in [0.1, 0.15) is 5.83 Å². The third-order valence-corrected chi connectivity index (χ3v) is 5.33. The van der Waals surface area contributed by atoms with Gasteiger partial charge in [0.2, 0.25) is 0 Å². The topological polar surface area (TPSA) is 17.0 Å². The number of nitrogens with one attached hydrogen (secondary N) is 1. The average Bonchev–Trinajstić information content (AvgIpc) is 3.11. The second-order valence-corrected chi connectivity index (χ2v) is 7.36. The first-order chi connectivity index (χ1) is 12.6. The molecule has 1 aromatic heterocycles. The molecule has 1 aromatic carbocycles. The van der Waals surface area contributed by atoms with Crippen LogP contribution in [0.15, 0.2) is 60.6 Å². The minimum Gasteiger partial charge on any atom is -0.382 e. The Morgan fingerprint density at radius 2 is 2.04 bits per heavy atom. The summed E-state index contributed by atoms with van der Waals surface area (Å²) in [7, 11) is 0. The van der Waals surface area contributed by atoms with Gasteiger partial charge in [-0.25, -0.2) is 4.39 Å². The van der Waals surface area contributed by atoms with E-state index in [1.165, 1.54) is 49.4 Å². The molecule has 0 bridgehead atoms. The Morgan fingerprint density at radius 3 is 2.77 bits per heavy atom. The molecule has 1 N–H and O–H groups in total. The largest absolute Gasteiger partial charge is 0.382 e. The molecule has 2 nitrogen and oxygen atoms in total. The van der Waals surface area contributed by atoms with E-state index in [1.54, 1.807) is 0 Å². The first-order valence-electron chi connectivity index (χ1n) is 9.60. The fourth-order valence-electron chi connectivity index (χ4n) is 3.72. The second kappa shape index (κ2) is 8.39. The van der Waals surface area contributed by atoms with Gasteiger partial charge in [-0.3, -0.25) is 0 Å². The number of benzene rings is 1. The van der Waals surface area contributed by atoms with Gasteiger partial charge in [0.05, 0.1) is 0 Å². The molecule has 0 unspecified atom stereocenters. The van der Waals surface area contributed by atoms with E-state index in [4.69, 9.17) is 0 Å². The maximum atomic E-state index is 13.8. The highest BCUT2D eigenvalue weighted by atomic mass is 19.1. The number of rotatable bonds is 6. The summed E-state index contributed by atoms with van der Waals surface area (Å²) in [6.45, 7) is 7.49. The van der Waals surface area contributed by atoms with E-state index in [9.17, 15) is 4.39 Å². The molecule has 0 spiro atoms.